The van der Waals surface area contributed by atoms with Crippen molar-refractivity contribution >= 4 is 40.3 Å². The van der Waals surface area contributed by atoms with E-state index in [4.69, 9.17) is 0 Å². The number of carbonyl (C=O) groups is 1. The van der Waals surface area contributed by atoms with Gasteiger partial charge in [-0.15, -0.1) is 24.0 Å². The molecule has 0 atom stereocenters. The molecule has 0 saturated carbocycles. The molecule has 0 aliphatic rings. The van der Waals surface area contributed by atoms with Crippen molar-refractivity contribution in [2.24, 2.45) is 0 Å². The SMILES string of the molecule is O=Cc1csc2cc(F)c(S)cc12. The Morgan fingerprint density at radius 1 is 1.46 bits per heavy atom. The van der Waals surface area contributed by atoms with Gasteiger partial charge in [-0.25, -0.2) is 4.39 Å². The van der Waals surface area contributed by atoms with Crippen LogP contribution < -0.4 is 0 Å². The standard InChI is InChI=1S/C9H5FOS2/c10-7-2-9-6(1-8(7)12)5(3-11)4-13-9/h1-4,12H. The number of fused-ring (bicyclic) bond motifs is 1. The molecule has 2 rings (SSSR count). The summed E-state index contributed by atoms with van der Waals surface area (Å²) in [7, 11) is 0. The number of carbonyl (C=O) groups excluding carboxylic acids is 1. The third-order valence-electron chi connectivity index (χ3n) is 1.80. The summed E-state index contributed by atoms with van der Waals surface area (Å²) in [4.78, 5) is 10.8. The largest absolute Gasteiger partial charge is 0.298 e. The Bertz CT molecular complexity index is 476. The molecule has 1 nitrogen and oxygen atoms in total. The van der Waals surface area contributed by atoms with Crippen LogP contribution in [0.4, 0.5) is 4.39 Å². The smallest absolute Gasteiger partial charge is 0.151 e. The molecule has 2 aromatic rings. The number of benzene rings is 1. The van der Waals surface area contributed by atoms with Crippen molar-refractivity contribution in [1.29, 1.82) is 0 Å². The van der Waals surface area contributed by atoms with Gasteiger partial charge in [0.05, 0.1) is 0 Å². The number of halogens is 1. The summed E-state index contributed by atoms with van der Waals surface area (Å²) in [5, 5.41) is 2.48. The number of thiophene rings is 1. The van der Waals surface area contributed by atoms with Crippen molar-refractivity contribution in [2.45, 2.75) is 4.90 Å². The highest BCUT2D eigenvalue weighted by Crippen LogP contribution is 2.28. The molecular weight excluding hydrogens is 207 g/mol. The lowest BCUT2D eigenvalue weighted by molar-refractivity contribution is 0.112. The zero-order valence-electron chi connectivity index (χ0n) is 6.45. The molecule has 0 saturated heterocycles. The van der Waals surface area contributed by atoms with Crippen LogP contribution in [0.5, 0.6) is 0 Å². The van der Waals surface area contributed by atoms with E-state index in [0.717, 1.165) is 16.4 Å². The van der Waals surface area contributed by atoms with Crippen molar-refractivity contribution < 1.29 is 9.18 Å². The van der Waals surface area contributed by atoms with Crippen LogP contribution in [0.1, 0.15) is 10.4 Å². The van der Waals surface area contributed by atoms with Crippen molar-refractivity contribution in [2.75, 3.05) is 0 Å². The van der Waals surface area contributed by atoms with E-state index in [-0.39, 0.29) is 10.7 Å². The summed E-state index contributed by atoms with van der Waals surface area (Å²) in [5.74, 6) is -0.352. The van der Waals surface area contributed by atoms with E-state index >= 15 is 0 Å². The average Bonchev–Trinajstić information content (AvgIpc) is 2.48. The summed E-state index contributed by atoms with van der Waals surface area (Å²) in [6.45, 7) is 0. The number of rotatable bonds is 1. The van der Waals surface area contributed by atoms with Crippen molar-refractivity contribution in [3.05, 3.63) is 28.9 Å². The Hall–Kier alpha value is -0.870. The molecule has 1 aromatic carbocycles. The summed E-state index contributed by atoms with van der Waals surface area (Å²) in [6.07, 6.45) is 0.768. The van der Waals surface area contributed by atoms with E-state index in [2.05, 4.69) is 12.6 Å². The number of hydrogen-bond donors (Lipinski definition) is 1. The second-order valence-corrected chi connectivity index (χ2v) is 4.00. The summed E-state index contributed by atoms with van der Waals surface area (Å²) < 4.78 is 13.8. The number of thiol groups is 1. The first-order valence-electron chi connectivity index (χ1n) is 3.57. The summed E-state index contributed by atoms with van der Waals surface area (Å²) >= 11 is 5.30. The Kier molecular flexibility index (Phi) is 2.09. The average molecular weight is 212 g/mol. The molecule has 1 heterocycles. The molecule has 1 aromatic heterocycles. The fourth-order valence-corrected chi connectivity index (χ4v) is 2.25. The Morgan fingerprint density at radius 3 is 2.92 bits per heavy atom. The molecular formula is C9H5FOS2. The normalized spacial score (nSPS) is 10.6. The Labute approximate surface area is 83.6 Å². The maximum Gasteiger partial charge on any atom is 0.151 e. The van der Waals surface area contributed by atoms with Gasteiger partial charge in [0, 0.05) is 25.9 Å². The molecule has 0 aliphatic heterocycles. The maximum absolute atomic E-state index is 13.0. The lowest BCUT2D eigenvalue weighted by atomic mass is 10.2. The lowest BCUT2D eigenvalue weighted by Crippen LogP contribution is -1.79. The molecule has 0 amide bonds. The Balaban J connectivity index is 2.84. The first kappa shape index (κ1) is 8.72. The fourth-order valence-electron chi connectivity index (χ4n) is 1.15. The maximum atomic E-state index is 13.0. The summed E-state index contributed by atoms with van der Waals surface area (Å²) in [5.41, 5.74) is 0.593. The molecule has 0 unspecified atom stereocenters. The van der Waals surface area contributed by atoms with Gasteiger partial charge >= 0.3 is 0 Å². The highest BCUT2D eigenvalue weighted by molar-refractivity contribution is 7.80. The highest BCUT2D eigenvalue weighted by atomic mass is 32.1. The predicted octanol–water partition coefficient (Wildman–Crippen LogP) is 3.14. The van der Waals surface area contributed by atoms with Crippen LogP contribution in [0.25, 0.3) is 10.1 Å². The molecule has 0 fully saturated rings. The molecule has 0 aliphatic carbocycles. The van der Waals surface area contributed by atoms with Crippen molar-refractivity contribution in [3.8, 4) is 0 Å². The summed E-state index contributed by atoms with van der Waals surface area (Å²) in [6, 6.07) is 2.98. The molecule has 4 heteroatoms. The van der Waals surface area contributed by atoms with Crippen LogP contribution in [0.15, 0.2) is 22.4 Å². The third kappa shape index (κ3) is 1.36. The zero-order chi connectivity index (χ0) is 9.42. The molecule has 0 radical (unpaired) electrons. The van der Waals surface area contributed by atoms with E-state index in [1.807, 2.05) is 0 Å². The molecule has 0 spiro atoms. The third-order valence-corrected chi connectivity index (χ3v) is 3.11. The minimum Gasteiger partial charge on any atom is -0.298 e. The first-order valence-corrected chi connectivity index (χ1v) is 4.90. The topological polar surface area (TPSA) is 17.1 Å². The van der Waals surface area contributed by atoms with Crippen LogP contribution in [-0.4, -0.2) is 6.29 Å². The monoisotopic (exact) mass is 212 g/mol. The van der Waals surface area contributed by atoms with Crippen LogP contribution in [-0.2, 0) is 0 Å². The molecule has 13 heavy (non-hydrogen) atoms. The molecule has 66 valence electrons. The van der Waals surface area contributed by atoms with Gasteiger partial charge in [-0.1, -0.05) is 0 Å². The van der Waals surface area contributed by atoms with Crippen LogP contribution in [0.2, 0.25) is 0 Å². The van der Waals surface area contributed by atoms with E-state index in [0.29, 0.717) is 5.56 Å². The van der Waals surface area contributed by atoms with Crippen LogP contribution in [0, 0.1) is 5.82 Å². The quantitative estimate of drug-likeness (QED) is 0.567. The van der Waals surface area contributed by atoms with Gasteiger partial charge in [0.2, 0.25) is 0 Å². The van der Waals surface area contributed by atoms with E-state index in [1.165, 1.54) is 17.4 Å². The number of aldehydes is 1. The van der Waals surface area contributed by atoms with Gasteiger partial charge < -0.3 is 0 Å². The van der Waals surface area contributed by atoms with Crippen molar-refractivity contribution in [1.82, 2.24) is 0 Å². The van der Waals surface area contributed by atoms with Gasteiger partial charge in [-0.2, -0.15) is 0 Å². The predicted molar refractivity (Wildman–Crippen MR) is 54.4 cm³/mol. The van der Waals surface area contributed by atoms with E-state index < -0.39 is 0 Å². The van der Waals surface area contributed by atoms with Gasteiger partial charge in [0.15, 0.2) is 6.29 Å². The Morgan fingerprint density at radius 2 is 2.23 bits per heavy atom. The first-order chi connectivity index (χ1) is 6.22. The number of hydrogen-bond acceptors (Lipinski definition) is 3. The minimum atomic E-state index is -0.352. The minimum absolute atomic E-state index is 0.272. The van der Waals surface area contributed by atoms with E-state index in [1.54, 1.807) is 11.4 Å². The van der Waals surface area contributed by atoms with Crippen LogP contribution >= 0.6 is 24.0 Å². The second-order valence-electron chi connectivity index (χ2n) is 2.61. The van der Waals surface area contributed by atoms with Gasteiger partial charge in [0.1, 0.15) is 5.82 Å². The van der Waals surface area contributed by atoms with E-state index in [9.17, 15) is 9.18 Å². The zero-order valence-corrected chi connectivity index (χ0v) is 8.16. The molecule has 0 N–H and O–H groups in total. The fraction of sp³-hybridized carbons (Fsp3) is 0. The van der Waals surface area contributed by atoms with Crippen LogP contribution in [0.3, 0.4) is 0 Å². The van der Waals surface area contributed by atoms with Gasteiger partial charge in [-0.3, -0.25) is 4.79 Å². The van der Waals surface area contributed by atoms with Gasteiger partial charge in [0.25, 0.3) is 0 Å². The second kappa shape index (κ2) is 3.12. The van der Waals surface area contributed by atoms with Gasteiger partial charge in [-0.05, 0) is 12.1 Å². The highest BCUT2D eigenvalue weighted by Gasteiger charge is 2.06. The molecule has 0 bridgehead atoms. The van der Waals surface area contributed by atoms with Crippen molar-refractivity contribution in [3.63, 3.8) is 0 Å². The lowest BCUT2D eigenvalue weighted by Gasteiger charge is -1.95.